The zero-order valence-electron chi connectivity index (χ0n) is 7.06. The minimum Gasteiger partial charge on any atom is -0.395 e. The van der Waals surface area contributed by atoms with Crippen molar-refractivity contribution >= 4 is 31.9 Å². The Balaban J connectivity index is 2.56. The van der Waals surface area contributed by atoms with Gasteiger partial charge in [-0.05, 0) is 17.7 Å². The standard InChI is InChI=1S/C9H11Br2NO/c10-8-2-1-7(9(11)5-8)6-12-3-4-13/h1-2,5,12-13H,3-4,6H2. The molecule has 72 valence electrons. The molecule has 0 spiro atoms. The summed E-state index contributed by atoms with van der Waals surface area (Å²) in [5, 5.41) is 11.7. The summed E-state index contributed by atoms with van der Waals surface area (Å²) in [5.74, 6) is 0. The second-order valence-corrected chi connectivity index (χ2v) is 4.41. The molecule has 0 unspecified atom stereocenters. The van der Waals surface area contributed by atoms with Crippen molar-refractivity contribution in [2.45, 2.75) is 6.54 Å². The van der Waals surface area contributed by atoms with Crippen molar-refractivity contribution in [1.29, 1.82) is 0 Å². The van der Waals surface area contributed by atoms with Crippen molar-refractivity contribution < 1.29 is 5.11 Å². The maximum Gasteiger partial charge on any atom is 0.0556 e. The van der Waals surface area contributed by atoms with Crippen LogP contribution in [0.15, 0.2) is 27.1 Å². The molecular formula is C9H11Br2NO. The van der Waals surface area contributed by atoms with Crippen LogP contribution in [-0.2, 0) is 6.54 Å². The van der Waals surface area contributed by atoms with E-state index in [4.69, 9.17) is 5.11 Å². The monoisotopic (exact) mass is 307 g/mol. The summed E-state index contributed by atoms with van der Waals surface area (Å²) < 4.78 is 2.14. The largest absolute Gasteiger partial charge is 0.395 e. The lowest BCUT2D eigenvalue weighted by atomic mass is 10.2. The van der Waals surface area contributed by atoms with Crippen molar-refractivity contribution in [3.63, 3.8) is 0 Å². The number of rotatable bonds is 4. The van der Waals surface area contributed by atoms with Gasteiger partial charge in [-0.1, -0.05) is 37.9 Å². The van der Waals surface area contributed by atoms with Gasteiger partial charge < -0.3 is 10.4 Å². The third-order valence-corrected chi connectivity index (χ3v) is 2.85. The van der Waals surface area contributed by atoms with Gasteiger partial charge in [0.2, 0.25) is 0 Å². The Morgan fingerprint density at radius 2 is 2.08 bits per heavy atom. The van der Waals surface area contributed by atoms with Crippen molar-refractivity contribution in [1.82, 2.24) is 5.32 Å². The summed E-state index contributed by atoms with van der Waals surface area (Å²) in [7, 11) is 0. The SMILES string of the molecule is OCCNCc1ccc(Br)cc1Br. The zero-order valence-corrected chi connectivity index (χ0v) is 10.2. The molecule has 0 aliphatic heterocycles. The van der Waals surface area contributed by atoms with Gasteiger partial charge in [0, 0.05) is 22.0 Å². The first-order chi connectivity index (χ1) is 6.24. The van der Waals surface area contributed by atoms with Crippen LogP contribution < -0.4 is 5.32 Å². The van der Waals surface area contributed by atoms with Gasteiger partial charge in [0.25, 0.3) is 0 Å². The molecule has 0 aromatic heterocycles. The summed E-state index contributed by atoms with van der Waals surface area (Å²) in [5.41, 5.74) is 1.19. The van der Waals surface area contributed by atoms with E-state index in [1.54, 1.807) is 0 Å². The summed E-state index contributed by atoms with van der Waals surface area (Å²) in [4.78, 5) is 0. The second-order valence-electron chi connectivity index (χ2n) is 2.64. The minimum atomic E-state index is 0.175. The summed E-state index contributed by atoms with van der Waals surface area (Å²) in [6.07, 6.45) is 0. The molecule has 2 N–H and O–H groups in total. The summed E-state index contributed by atoms with van der Waals surface area (Å²) in [6, 6.07) is 6.05. The highest BCUT2D eigenvalue weighted by Gasteiger charge is 1.99. The lowest BCUT2D eigenvalue weighted by Crippen LogP contribution is -2.17. The number of halogens is 2. The Morgan fingerprint density at radius 1 is 1.31 bits per heavy atom. The van der Waals surface area contributed by atoms with E-state index in [-0.39, 0.29) is 6.61 Å². The maximum absolute atomic E-state index is 8.58. The van der Waals surface area contributed by atoms with Gasteiger partial charge in [-0.15, -0.1) is 0 Å². The van der Waals surface area contributed by atoms with Crippen molar-refractivity contribution in [2.75, 3.05) is 13.2 Å². The molecule has 0 amide bonds. The average molecular weight is 309 g/mol. The van der Waals surface area contributed by atoms with Gasteiger partial charge >= 0.3 is 0 Å². The van der Waals surface area contributed by atoms with Crippen molar-refractivity contribution in [3.05, 3.63) is 32.7 Å². The van der Waals surface area contributed by atoms with Crippen LogP contribution in [0.4, 0.5) is 0 Å². The highest BCUT2D eigenvalue weighted by atomic mass is 79.9. The van der Waals surface area contributed by atoms with Crippen LogP contribution >= 0.6 is 31.9 Å². The summed E-state index contributed by atoms with van der Waals surface area (Å²) in [6.45, 7) is 1.57. The van der Waals surface area contributed by atoms with Crippen LogP contribution in [0.1, 0.15) is 5.56 Å². The fourth-order valence-electron chi connectivity index (χ4n) is 0.967. The van der Waals surface area contributed by atoms with Crippen LogP contribution in [0.5, 0.6) is 0 Å². The van der Waals surface area contributed by atoms with Crippen LogP contribution in [0.25, 0.3) is 0 Å². The summed E-state index contributed by atoms with van der Waals surface area (Å²) >= 11 is 6.85. The first-order valence-corrected chi connectivity index (χ1v) is 5.58. The first kappa shape index (κ1) is 11.2. The predicted octanol–water partition coefficient (Wildman–Crippen LogP) is 2.29. The van der Waals surface area contributed by atoms with Crippen LogP contribution in [0.2, 0.25) is 0 Å². The van der Waals surface area contributed by atoms with Crippen LogP contribution in [0.3, 0.4) is 0 Å². The fourth-order valence-corrected chi connectivity index (χ4v) is 2.15. The molecule has 1 aromatic carbocycles. The van der Waals surface area contributed by atoms with Crippen LogP contribution in [0, 0.1) is 0 Å². The van der Waals surface area contributed by atoms with Gasteiger partial charge in [-0.3, -0.25) is 0 Å². The van der Waals surface area contributed by atoms with E-state index in [0.717, 1.165) is 15.5 Å². The molecule has 0 aliphatic rings. The smallest absolute Gasteiger partial charge is 0.0556 e. The molecule has 0 radical (unpaired) electrons. The molecule has 0 saturated carbocycles. The van der Waals surface area contributed by atoms with Crippen LogP contribution in [-0.4, -0.2) is 18.3 Å². The van der Waals surface area contributed by atoms with E-state index in [2.05, 4.69) is 37.2 Å². The lowest BCUT2D eigenvalue weighted by molar-refractivity contribution is 0.292. The first-order valence-electron chi connectivity index (χ1n) is 3.99. The number of benzene rings is 1. The van der Waals surface area contributed by atoms with Crippen molar-refractivity contribution in [2.24, 2.45) is 0 Å². The number of aliphatic hydroxyl groups excluding tert-OH is 1. The highest BCUT2D eigenvalue weighted by molar-refractivity contribution is 9.11. The van der Waals surface area contributed by atoms with Crippen molar-refractivity contribution in [3.8, 4) is 0 Å². The quantitative estimate of drug-likeness (QED) is 0.837. The van der Waals surface area contributed by atoms with Gasteiger partial charge in [-0.2, -0.15) is 0 Å². The molecule has 0 fully saturated rings. The fraction of sp³-hybridized carbons (Fsp3) is 0.333. The number of aliphatic hydroxyl groups is 1. The number of hydrogen-bond acceptors (Lipinski definition) is 2. The Labute approximate surface area is 94.6 Å². The van der Waals surface area contributed by atoms with E-state index in [1.165, 1.54) is 5.56 Å². The highest BCUT2D eigenvalue weighted by Crippen LogP contribution is 2.21. The van der Waals surface area contributed by atoms with E-state index in [0.29, 0.717) is 6.54 Å². The second kappa shape index (κ2) is 5.75. The molecule has 2 nitrogen and oxygen atoms in total. The average Bonchev–Trinajstić information content (AvgIpc) is 2.09. The Hall–Kier alpha value is 0.1000. The normalized spacial score (nSPS) is 10.4. The molecule has 0 aliphatic carbocycles. The zero-order chi connectivity index (χ0) is 9.68. The molecule has 4 heteroatoms. The topological polar surface area (TPSA) is 32.3 Å². The number of nitrogens with one attached hydrogen (secondary N) is 1. The van der Waals surface area contributed by atoms with Gasteiger partial charge in [0.15, 0.2) is 0 Å². The Morgan fingerprint density at radius 3 is 2.69 bits per heavy atom. The van der Waals surface area contributed by atoms with Gasteiger partial charge in [-0.25, -0.2) is 0 Å². The Kier molecular flexibility index (Phi) is 4.94. The van der Waals surface area contributed by atoms with Gasteiger partial charge in [0.05, 0.1) is 6.61 Å². The Bertz CT molecular complexity index is 278. The predicted molar refractivity (Wildman–Crippen MR) is 60.6 cm³/mol. The van der Waals surface area contributed by atoms with E-state index in [9.17, 15) is 0 Å². The lowest BCUT2D eigenvalue weighted by Gasteiger charge is -2.05. The van der Waals surface area contributed by atoms with E-state index in [1.807, 2.05) is 18.2 Å². The molecule has 0 saturated heterocycles. The molecule has 1 rings (SSSR count). The molecule has 13 heavy (non-hydrogen) atoms. The van der Waals surface area contributed by atoms with E-state index < -0.39 is 0 Å². The maximum atomic E-state index is 8.58. The molecular weight excluding hydrogens is 298 g/mol. The molecule has 0 heterocycles. The van der Waals surface area contributed by atoms with Gasteiger partial charge in [0.1, 0.15) is 0 Å². The third-order valence-electron chi connectivity index (χ3n) is 1.62. The molecule has 1 aromatic rings. The third kappa shape index (κ3) is 3.77. The molecule has 0 atom stereocenters. The minimum absolute atomic E-state index is 0.175. The molecule has 0 bridgehead atoms. The number of hydrogen-bond donors (Lipinski definition) is 2. The van der Waals surface area contributed by atoms with E-state index >= 15 is 0 Å².